The van der Waals surface area contributed by atoms with Crippen molar-refractivity contribution in [3.05, 3.63) is 65.2 Å². The molecular formula is C20H19N5O2. The van der Waals surface area contributed by atoms with Crippen LogP contribution < -0.4 is 0 Å². The SMILES string of the molecule is Cc1ccc(-c2nnn(CCCCN3C(=O)c4ccccc4C3=O)n2)cc1. The van der Waals surface area contributed by atoms with Crippen LogP contribution in [0.2, 0.25) is 0 Å². The van der Waals surface area contributed by atoms with Crippen LogP contribution in [-0.2, 0) is 6.54 Å². The van der Waals surface area contributed by atoms with Gasteiger partial charge in [-0.25, -0.2) is 0 Å². The highest BCUT2D eigenvalue weighted by Crippen LogP contribution is 2.22. The number of aromatic nitrogens is 4. The van der Waals surface area contributed by atoms with Crippen LogP contribution in [0.5, 0.6) is 0 Å². The van der Waals surface area contributed by atoms with Gasteiger partial charge in [-0.1, -0.05) is 42.0 Å². The van der Waals surface area contributed by atoms with Gasteiger partial charge in [-0.2, -0.15) is 4.80 Å². The zero-order chi connectivity index (χ0) is 18.8. The summed E-state index contributed by atoms with van der Waals surface area (Å²) in [5.41, 5.74) is 3.09. The summed E-state index contributed by atoms with van der Waals surface area (Å²) in [6, 6.07) is 14.9. The Labute approximate surface area is 156 Å². The highest BCUT2D eigenvalue weighted by Gasteiger charge is 2.34. The lowest BCUT2D eigenvalue weighted by Crippen LogP contribution is -2.30. The number of benzene rings is 2. The van der Waals surface area contributed by atoms with Crippen LogP contribution in [0.15, 0.2) is 48.5 Å². The topological polar surface area (TPSA) is 81.0 Å². The number of carbonyl (C=O) groups excluding carboxylic acids is 2. The standard InChI is InChI=1S/C20H19N5O2/c1-14-8-10-15(11-9-14)18-21-23-25(22-18)13-5-4-12-24-19(26)16-6-2-3-7-17(16)20(24)27/h2-3,6-11H,4-5,12-13H2,1H3. The van der Waals surface area contributed by atoms with Crippen LogP contribution in [0, 0.1) is 6.92 Å². The molecule has 2 amide bonds. The van der Waals surface area contributed by atoms with Crippen LogP contribution in [0.1, 0.15) is 39.1 Å². The number of carbonyl (C=O) groups is 2. The number of fused-ring (bicyclic) bond motifs is 1. The van der Waals surface area contributed by atoms with Crippen molar-refractivity contribution in [3.63, 3.8) is 0 Å². The van der Waals surface area contributed by atoms with Gasteiger partial charge < -0.3 is 0 Å². The third-order valence-electron chi connectivity index (χ3n) is 4.63. The van der Waals surface area contributed by atoms with E-state index in [2.05, 4.69) is 15.4 Å². The summed E-state index contributed by atoms with van der Waals surface area (Å²) in [5, 5.41) is 12.6. The van der Waals surface area contributed by atoms with E-state index in [0.717, 1.165) is 12.0 Å². The Bertz CT molecular complexity index is 959. The summed E-state index contributed by atoms with van der Waals surface area (Å²) in [7, 11) is 0. The van der Waals surface area contributed by atoms with Crippen LogP contribution in [-0.4, -0.2) is 43.5 Å². The van der Waals surface area contributed by atoms with Crippen LogP contribution >= 0.6 is 0 Å². The van der Waals surface area contributed by atoms with Crippen molar-refractivity contribution >= 4 is 11.8 Å². The van der Waals surface area contributed by atoms with Gasteiger partial charge in [0.15, 0.2) is 0 Å². The average molecular weight is 361 g/mol. The van der Waals surface area contributed by atoms with E-state index in [1.165, 1.54) is 10.5 Å². The number of amides is 2. The monoisotopic (exact) mass is 361 g/mol. The van der Waals surface area contributed by atoms with Crippen molar-refractivity contribution in [2.24, 2.45) is 0 Å². The molecule has 0 radical (unpaired) electrons. The summed E-state index contributed by atoms with van der Waals surface area (Å²) in [4.78, 5) is 27.5. The lowest BCUT2D eigenvalue weighted by Gasteiger charge is -2.13. The average Bonchev–Trinajstić information content (AvgIpc) is 3.25. The van der Waals surface area contributed by atoms with Crippen LogP contribution in [0.4, 0.5) is 0 Å². The third-order valence-corrected chi connectivity index (χ3v) is 4.63. The number of rotatable bonds is 6. The number of tetrazole rings is 1. The van der Waals surface area contributed by atoms with E-state index in [1.807, 2.05) is 31.2 Å². The number of aryl methyl sites for hydroxylation is 2. The lowest BCUT2D eigenvalue weighted by molar-refractivity contribution is 0.0651. The summed E-state index contributed by atoms with van der Waals surface area (Å²) in [6.07, 6.45) is 1.43. The van der Waals surface area contributed by atoms with Crippen molar-refractivity contribution in [2.75, 3.05) is 6.54 Å². The fourth-order valence-corrected chi connectivity index (χ4v) is 3.12. The van der Waals surface area contributed by atoms with Crippen LogP contribution in [0.25, 0.3) is 11.4 Å². The van der Waals surface area contributed by atoms with E-state index < -0.39 is 0 Å². The smallest absolute Gasteiger partial charge is 0.261 e. The fourth-order valence-electron chi connectivity index (χ4n) is 3.12. The maximum absolute atomic E-state index is 12.3. The summed E-state index contributed by atoms with van der Waals surface area (Å²) in [6.45, 7) is 3.01. The second-order valence-corrected chi connectivity index (χ2v) is 6.59. The molecular weight excluding hydrogens is 342 g/mol. The molecule has 0 N–H and O–H groups in total. The minimum Gasteiger partial charge on any atom is -0.274 e. The van der Waals surface area contributed by atoms with E-state index in [0.29, 0.717) is 36.5 Å². The molecule has 2 aromatic carbocycles. The third kappa shape index (κ3) is 3.36. The highest BCUT2D eigenvalue weighted by molar-refractivity contribution is 6.21. The van der Waals surface area contributed by atoms with Crippen molar-refractivity contribution in [1.29, 1.82) is 0 Å². The molecule has 7 heteroatoms. The Balaban J connectivity index is 1.31. The second kappa shape index (κ2) is 7.11. The quantitative estimate of drug-likeness (QED) is 0.498. The Morgan fingerprint density at radius 1 is 0.852 bits per heavy atom. The van der Waals surface area contributed by atoms with Gasteiger partial charge in [-0.05, 0) is 37.1 Å². The first-order valence-electron chi connectivity index (χ1n) is 8.93. The second-order valence-electron chi connectivity index (χ2n) is 6.59. The van der Waals surface area contributed by atoms with Crippen molar-refractivity contribution < 1.29 is 9.59 Å². The maximum atomic E-state index is 12.3. The molecule has 0 saturated heterocycles. The predicted octanol–water partition coefficient (Wildman–Crippen LogP) is 2.72. The highest BCUT2D eigenvalue weighted by atomic mass is 16.2. The molecule has 4 rings (SSSR count). The van der Waals surface area contributed by atoms with Crippen molar-refractivity contribution in [3.8, 4) is 11.4 Å². The van der Waals surface area contributed by atoms with Gasteiger partial charge in [0.25, 0.3) is 11.8 Å². The number of unbranched alkanes of at least 4 members (excludes halogenated alkanes) is 1. The van der Waals surface area contributed by atoms with E-state index in [1.54, 1.807) is 29.1 Å². The van der Waals surface area contributed by atoms with Crippen molar-refractivity contribution in [2.45, 2.75) is 26.3 Å². The Hall–Kier alpha value is -3.35. The summed E-state index contributed by atoms with van der Waals surface area (Å²) >= 11 is 0. The van der Waals surface area contributed by atoms with Gasteiger partial charge in [0, 0.05) is 12.1 Å². The molecule has 3 aromatic rings. The largest absolute Gasteiger partial charge is 0.274 e. The van der Waals surface area contributed by atoms with E-state index in [-0.39, 0.29) is 11.8 Å². The van der Waals surface area contributed by atoms with Crippen LogP contribution in [0.3, 0.4) is 0 Å². The number of hydrogen-bond acceptors (Lipinski definition) is 5. The summed E-state index contributed by atoms with van der Waals surface area (Å²) < 4.78 is 0. The zero-order valence-corrected chi connectivity index (χ0v) is 15.0. The molecule has 27 heavy (non-hydrogen) atoms. The zero-order valence-electron chi connectivity index (χ0n) is 15.0. The van der Waals surface area contributed by atoms with Gasteiger partial charge in [-0.15, -0.1) is 10.2 Å². The minimum atomic E-state index is -0.212. The first-order chi connectivity index (χ1) is 13.1. The van der Waals surface area contributed by atoms with Gasteiger partial charge >= 0.3 is 0 Å². The molecule has 0 fully saturated rings. The predicted molar refractivity (Wildman–Crippen MR) is 99.0 cm³/mol. The molecule has 2 heterocycles. The molecule has 7 nitrogen and oxygen atoms in total. The molecule has 136 valence electrons. The van der Waals surface area contributed by atoms with Gasteiger partial charge in [0.05, 0.1) is 17.7 Å². The first-order valence-corrected chi connectivity index (χ1v) is 8.93. The minimum absolute atomic E-state index is 0.212. The molecule has 0 aliphatic carbocycles. The number of nitrogens with zero attached hydrogens (tertiary/aromatic N) is 5. The maximum Gasteiger partial charge on any atom is 0.261 e. The van der Waals surface area contributed by atoms with E-state index in [4.69, 9.17) is 0 Å². The number of imide groups is 1. The first kappa shape index (κ1) is 17.1. The normalized spacial score (nSPS) is 13.3. The Morgan fingerprint density at radius 3 is 2.15 bits per heavy atom. The Morgan fingerprint density at radius 2 is 1.48 bits per heavy atom. The van der Waals surface area contributed by atoms with Crippen molar-refractivity contribution in [1.82, 2.24) is 25.1 Å². The molecule has 1 aromatic heterocycles. The lowest BCUT2D eigenvalue weighted by atomic mass is 10.1. The van der Waals surface area contributed by atoms with E-state index >= 15 is 0 Å². The molecule has 1 aliphatic rings. The van der Waals surface area contributed by atoms with E-state index in [9.17, 15) is 9.59 Å². The number of hydrogen-bond donors (Lipinski definition) is 0. The molecule has 0 atom stereocenters. The molecule has 0 unspecified atom stereocenters. The molecule has 0 saturated carbocycles. The van der Waals surface area contributed by atoms with Gasteiger partial charge in [0.2, 0.25) is 5.82 Å². The Kier molecular flexibility index (Phi) is 4.50. The molecule has 0 spiro atoms. The van der Waals surface area contributed by atoms with Gasteiger partial charge in [0.1, 0.15) is 0 Å². The summed E-state index contributed by atoms with van der Waals surface area (Å²) in [5.74, 6) is 0.169. The van der Waals surface area contributed by atoms with Gasteiger partial charge in [-0.3, -0.25) is 14.5 Å². The molecule has 1 aliphatic heterocycles. The molecule has 0 bridgehead atoms. The fraction of sp³-hybridized carbons (Fsp3) is 0.250.